The molecule has 0 amide bonds. The van der Waals surface area contributed by atoms with E-state index >= 15 is 0 Å². The van der Waals surface area contributed by atoms with Crippen LogP contribution >= 0.6 is 12.0 Å². The lowest BCUT2D eigenvalue weighted by Crippen LogP contribution is -2.70. The monoisotopic (exact) mass is 2250 g/mol. The van der Waals surface area contributed by atoms with Gasteiger partial charge in [-0.05, 0) is 205 Å². The number of halogens is 14. The van der Waals surface area contributed by atoms with Crippen molar-refractivity contribution in [1.82, 2.24) is 4.13 Å². The van der Waals surface area contributed by atoms with Gasteiger partial charge >= 0.3 is 48.9 Å². The molecule has 1 aliphatic rings. The number of hydrogen-bond acceptors (Lipinski definition) is 28. The number of nitrogens with one attached hydrogen (secondary N) is 1. The minimum Gasteiger partial charge on any atom is -0.691 e. The first-order valence-electron chi connectivity index (χ1n) is 43.2. The van der Waals surface area contributed by atoms with Gasteiger partial charge in [-0.15, -0.1) is 0 Å². The van der Waals surface area contributed by atoms with E-state index in [1.54, 1.807) is 0 Å². The maximum atomic E-state index is 12.7. The second-order valence-electron chi connectivity index (χ2n) is 28.5. The fraction of sp³-hybridized carbons (Fsp3) is 0.273. The summed E-state index contributed by atoms with van der Waals surface area (Å²) in [6, 6.07) is 74.4. The van der Waals surface area contributed by atoms with Crippen molar-refractivity contribution in [2.45, 2.75) is 96.1 Å². The van der Waals surface area contributed by atoms with Crippen molar-refractivity contribution in [3.8, 4) is 40.2 Å². The van der Waals surface area contributed by atoms with Crippen LogP contribution in [0.3, 0.4) is 0 Å². The van der Waals surface area contributed by atoms with E-state index in [0.717, 1.165) is 66.1 Å². The average Bonchev–Trinajstić information content (AvgIpc) is 0.691. The van der Waals surface area contributed by atoms with Crippen LogP contribution < -0.4 is 42.5 Å². The van der Waals surface area contributed by atoms with Crippen LogP contribution in [0.25, 0.3) is 0 Å². The molecule has 2 N–H and O–H groups in total. The Hall–Kier alpha value is -12.6. The first-order chi connectivity index (χ1) is 71.0. The van der Waals surface area contributed by atoms with Gasteiger partial charge in [0.25, 0.3) is 20.0 Å². The number of alkyl halides is 14. The molecule has 0 bridgehead atoms. The number of ether oxygens (including phenoxy) is 18. The van der Waals surface area contributed by atoms with Crippen LogP contribution in [-0.4, -0.2) is 188 Å². The maximum absolute atomic E-state index is 12.7. The van der Waals surface area contributed by atoms with Crippen molar-refractivity contribution in [1.29, 1.82) is 0 Å². The summed E-state index contributed by atoms with van der Waals surface area (Å²) in [5.74, 6) is -15.3. The Balaban J connectivity index is 0.000000294. The fourth-order valence-corrected chi connectivity index (χ4v) is 21.5. The molecule has 9 aromatic rings. The summed E-state index contributed by atoms with van der Waals surface area (Å²) in [5.41, 5.74) is 2.21. The second kappa shape index (κ2) is 62.8. The van der Waals surface area contributed by atoms with E-state index in [9.17, 15) is 86.7 Å². The normalized spacial score (nSPS) is 13.5. The highest BCUT2D eigenvalue weighted by atomic mass is 32.3. The molecular formula is C99H105F14NO28S7+2. The van der Waals surface area contributed by atoms with Crippen LogP contribution in [0.2, 0.25) is 0 Å². The van der Waals surface area contributed by atoms with Gasteiger partial charge in [0.05, 0.1) is 115 Å². The molecule has 1 fully saturated rings. The lowest BCUT2D eigenvalue weighted by Gasteiger charge is -2.35. The fourth-order valence-electron chi connectivity index (χ4n) is 11.6. The standard InChI is InChI=1S/2C31H35O6S.C30H33O6S.C4H2F8O6S2.C3HF6NO4S2/c2*1-4-32-19-20-35-25-26-7-13-29(14-8-26)38(30-15-9-27(10-16-30)36-23-21-33-5-2)31-17-11-28(12-18-31)37-24-22-34-6-3;1-4-31-19-22-34-25-7-13-28(14-8-25)37(29-15-9-26(10-16-29)35-23-20-32-5-2)30-17-11-27(12-18-30)36-24-21-33-6-3;5-1(6,3(9,10)19-18-17-13)2(7,8)4(11,12)20(14,15)16;4-1(5)2(6,7)15(11,12)10-16(13,14)3(1,8)9/h2*4-18H,1-3,19-25H2;4-18H,1-3,19-24H2;13H,(H,14,15,16);10H/q3*+1;;/p-1. The summed E-state index contributed by atoms with van der Waals surface area (Å²) in [7, 11) is -21.1. The number of sulfonamides is 2. The van der Waals surface area contributed by atoms with Gasteiger partial charge in [0.2, 0.25) is 0 Å². The van der Waals surface area contributed by atoms with Gasteiger partial charge in [-0.1, -0.05) is 87.6 Å². The third kappa shape index (κ3) is 37.8. The number of hydrogen-bond donors (Lipinski definition) is 2. The highest BCUT2D eigenvalue weighted by Gasteiger charge is 2.87. The van der Waals surface area contributed by atoms with E-state index in [4.69, 9.17) is 95.1 Å². The highest BCUT2D eigenvalue weighted by molar-refractivity contribution is 8.06. The van der Waals surface area contributed by atoms with Crippen LogP contribution in [0, 0.1) is 0 Å². The number of benzene rings is 9. The van der Waals surface area contributed by atoms with E-state index in [1.165, 1.54) is 85.7 Å². The van der Waals surface area contributed by atoms with Gasteiger partial charge in [0.1, 0.15) is 158 Å². The molecule has 0 saturated carbocycles. The Morgan fingerprint density at radius 3 is 0.664 bits per heavy atom. The molecule has 1 heterocycles. The lowest BCUT2D eigenvalue weighted by atomic mass is 10.2. The molecule has 9 aromatic carbocycles. The van der Waals surface area contributed by atoms with E-state index in [-0.39, 0.29) is 36.8 Å². The van der Waals surface area contributed by atoms with Crippen molar-refractivity contribution >= 4 is 74.9 Å². The molecule has 0 atom stereocenters. The maximum Gasteiger partial charge on any atom is 0.438 e. The van der Waals surface area contributed by atoms with Gasteiger partial charge in [0.15, 0.2) is 44.1 Å². The Labute approximate surface area is 865 Å². The Kier molecular flexibility index (Phi) is 52.7. The third-order valence-corrected chi connectivity index (χ3v) is 30.4. The molecule has 29 nitrogen and oxygen atoms in total. The molecule has 1 aliphatic heterocycles. The SMILES string of the molecule is C=COCCOCc1ccc([S+](c2ccc(OCCOC=C)cc2)c2ccc(OCCOC=C)cc2)cc1.C=COCCOCc1ccc([S+](c2ccc(OCCOC=C)cc2)c2ccc(OCCOC=C)cc2)cc1.C=COCCOc1ccc([S+](c2ccc(OCCOC=C)cc2)c2ccc(OCCOC=C)cc2)cc1.O=S(=O)(O)C(F)(F)C(F)(F)C(F)(F)C(F)(F)SOO[O-].O=S1(=O)NS(=O)(=O)C(F)(F)C(F)(F)C1(F)F. The molecule has 0 unspecified atom stereocenters. The zero-order valence-electron chi connectivity index (χ0n) is 79.1. The quantitative estimate of drug-likeness (QED) is 0.00522. The largest absolute Gasteiger partial charge is 0.691 e. The lowest BCUT2D eigenvalue weighted by molar-refractivity contribution is -0.777. The van der Waals surface area contributed by atoms with Crippen molar-refractivity contribution in [3.63, 3.8) is 0 Å². The molecule has 10 rings (SSSR count). The minimum atomic E-state index is -7.25. The summed E-state index contributed by atoms with van der Waals surface area (Å²) < 4.78 is 345. The summed E-state index contributed by atoms with van der Waals surface area (Å²) >= 11 is -2.07. The molecule has 0 radical (unpaired) electrons. The minimum absolute atomic E-state index is 0.167. The Morgan fingerprint density at radius 2 is 0.490 bits per heavy atom. The van der Waals surface area contributed by atoms with Crippen LogP contribution in [0.4, 0.5) is 61.5 Å². The molecule has 812 valence electrons. The van der Waals surface area contributed by atoms with Gasteiger partial charge in [-0.3, -0.25) is 9.59 Å². The number of rotatable bonds is 63. The van der Waals surface area contributed by atoms with Gasteiger partial charge in [0, 0.05) is 0 Å². The van der Waals surface area contributed by atoms with Gasteiger partial charge < -0.3 is 90.5 Å². The van der Waals surface area contributed by atoms with Crippen LogP contribution in [0.1, 0.15) is 11.1 Å². The van der Waals surface area contributed by atoms with Crippen LogP contribution in [0.5, 0.6) is 40.2 Å². The molecule has 0 aliphatic carbocycles. The molecule has 0 aromatic heterocycles. The van der Waals surface area contributed by atoms with Crippen LogP contribution in [-0.2, 0) is 138 Å². The first-order valence-corrected chi connectivity index (χ1v) is 52.1. The molecule has 0 spiro atoms. The molecule has 50 heteroatoms. The van der Waals surface area contributed by atoms with Crippen molar-refractivity contribution in [2.24, 2.45) is 0 Å². The van der Waals surface area contributed by atoms with E-state index in [0.29, 0.717) is 132 Å². The second-order valence-corrected chi connectivity index (χ2v) is 40.5. The zero-order chi connectivity index (χ0) is 110. The predicted octanol–water partition coefficient (Wildman–Crippen LogP) is 20.7. The van der Waals surface area contributed by atoms with E-state index in [2.05, 4.69) is 202 Å². The van der Waals surface area contributed by atoms with Crippen molar-refractivity contribution in [3.05, 3.63) is 345 Å². The zero-order valence-corrected chi connectivity index (χ0v) is 84.8. The molecule has 149 heavy (non-hydrogen) atoms. The van der Waals surface area contributed by atoms with Gasteiger partial charge in [-0.25, -0.2) is 16.8 Å². The summed E-state index contributed by atoms with van der Waals surface area (Å²) in [6.45, 7) is 41.3. The average molecular weight is 2250 g/mol. The van der Waals surface area contributed by atoms with Crippen molar-refractivity contribution in [2.75, 3.05) is 119 Å². The van der Waals surface area contributed by atoms with E-state index < -0.39 is 81.0 Å². The van der Waals surface area contributed by atoms with Crippen molar-refractivity contribution < 1.29 is 191 Å². The Morgan fingerprint density at radius 1 is 0.309 bits per heavy atom. The molecule has 1 saturated heterocycles. The third-order valence-electron chi connectivity index (χ3n) is 18.6. The smallest absolute Gasteiger partial charge is 0.438 e. The predicted molar refractivity (Wildman–Crippen MR) is 524 cm³/mol. The van der Waals surface area contributed by atoms with Gasteiger partial charge in [-0.2, -0.15) is 74.2 Å². The summed E-state index contributed by atoms with van der Waals surface area (Å²) in [5, 5.41) is -14.4. The summed E-state index contributed by atoms with van der Waals surface area (Å²) in [6.07, 6.45) is 12.7. The summed E-state index contributed by atoms with van der Waals surface area (Å²) in [4.78, 5) is 10.6. The van der Waals surface area contributed by atoms with Crippen LogP contribution in [0.15, 0.2) is 378 Å². The Bertz CT molecular complexity index is 5430. The first kappa shape index (κ1) is 125. The molecular weight excluding hydrogens is 2140 g/mol. The van der Waals surface area contributed by atoms with E-state index in [1.807, 2.05) is 84.9 Å². The topological polar surface area (TPSA) is 342 Å². The highest BCUT2D eigenvalue weighted by Crippen LogP contribution is 2.58.